The summed E-state index contributed by atoms with van der Waals surface area (Å²) in [6.07, 6.45) is 1.38. The topological polar surface area (TPSA) is 3.24 Å². The molecule has 1 aromatic rings. The van der Waals surface area contributed by atoms with E-state index in [1.807, 2.05) is 0 Å². The molecule has 1 heteroatoms. The van der Waals surface area contributed by atoms with E-state index in [0.29, 0.717) is 11.5 Å². The average Bonchev–Trinajstić information content (AvgIpc) is 2.77. The lowest BCUT2D eigenvalue weighted by atomic mass is 10.1. The zero-order chi connectivity index (χ0) is 10.5. The van der Waals surface area contributed by atoms with Gasteiger partial charge in [-0.25, -0.2) is 0 Å². The zero-order valence-corrected chi connectivity index (χ0v) is 9.53. The van der Waals surface area contributed by atoms with Crippen molar-refractivity contribution in [3.05, 3.63) is 41.8 Å². The predicted octanol–water partition coefficient (Wildman–Crippen LogP) is 3.05. The molecule has 3 rings (SSSR count). The van der Waals surface area contributed by atoms with Crippen LogP contribution in [0.25, 0.3) is 0 Å². The van der Waals surface area contributed by atoms with Gasteiger partial charge < -0.3 is 0 Å². The summed E-state index contributed by atoms with van der Waals surface area (Å²) < 4.78 is 0. The normalized spacial score (nSPS) is 32.7. The van der Waals surface area contributed by atoms with Crippen molar-refractivity contribution in [1.82, 2.24) is 4.90 Å². The molecule has 2 aliphatic rings. The molecule has 1 saturated carbocycles. The van der Waals surface area contributed by atoms with Gasteiger partial charge in [-0.15, -0.1) is 0 Å². The molecule has 1 heterocycles. The number of benzene rings is 1. The third-order valence-electron chi connectivity index (χ3n) is 4.11. The molecule has 1 radical (unpaired) electrons. The number of piperidine rings is 1. The third kappa shape index (κ3) is 1.50. The van der Waals surface area contributed by atoms with E-state index in [2.05, 4.69) is 49.1 Å². The molecular weight excluding hydrogens is 182 g/mol. The van der Waals surface area contributed by atoms with E-state index in [9.17, 15) is 0 Å². The Bertz CT molecular complexity index is 359. The molecule has 1 aromatic carbocycles. The Morgan fingerprint density at radius 2 is 2.00 bits per heavy atom. The Morgan fingerprint density at radius 3 is 2.60 bits per heavy atom. The fraction of sp³-hybridized carbons (Fsp3) is 0.500. The number of rotatable bonds is 2. The van der Waals surface area contributed by atoms with Crippen LogP contribution in [0.1, 0.15) is 31.9 Å². The van der Waals surface area contributed by atoms with Gasteiger partial charge in [0.15, 0.2) is 0 Å². The Labute approximate surface area is 92.1 Å². The smallest absolute Gasteiger partial charge is 0.0320 e. The van der Waals surface area contributed by atoms with Gasteiger partial charge in [0, 0.05) is 19.1 Å². The maximum Gasteiger partial charge on any atom is 0.0320 e. The summed E-state index contributed by atoms with van der Waals surface area (Å²) in [6, 6.07) is 11.4. The summed E-state index contributed by atoms with van der Waals surface area (Å²) in [5.74, 6) is 1.77. The van der Waals surface area contributed by atoms with Gasteiger partial charge in [-0.05, 0) is 30.2 Å². The maximum atomic E-state index is 2.61. The summed E-state index contributed by atoms with van der Waals surface area (Å²) in [5, 5.41) is 0. The molecule has 2 unspecified atom stereocenters. The van der Waals surface area contributed by atoms with E-state index in [0.717, 1.165) is 0 Å². The molecule has 1 saturated heterocycles. The van der Waals surface area contributed by atoms with Crippen LogP contribution in [-0.4, -0.2) is 18.0 Å². The molecule has 2 fully saturated rings. The maximum absolute atomic E-state index is 2.61. The summed E-state index contributed by atoms with van der Waals surface area (Å²) >= 11 is 0. The second-order valence-electron chi connectivity index (χ2n) is 5.33. The number of nitrogens with zero attached hydrogens (tertiary/aromatic N) is 1. The number of fused-ring (bicyclic) bond motifs is 1. The van der Waals surface area contributed by atoms with Crippen molar-refractivity contribution in [2.45, 2.75) is 26.3 Å². The molecule has 0 bridgehead atoms. The van der Waals surface area contributed by atoms with Gasteiger partial charge in [-0.3, -0.25) is 4.90 Å². The van der Waals surface area contributed by atoms with Crippen LogP contribution < -0.4 is 0 Å². The molecule has 15 heavy (non-hydrogen) atoms. The van der Waals surface area contributed by atoms with E-state index in [4.69, 9.17) is 0 Å². The number of hydrogen-bond donors (Lipinski definition) is 0. The highest BCUT2D eigenvalue weighted by molar-refractivity contribution is 5.31. The minimum absolute atomic E-state index is 0.573. The van der Waals surface area contributed by atoms with Gasteiger partial charge in [-0.2, -0.15) is 0 Å². The van der Waals surface area contributed by atoms with Gasteiger partial charge in [-0.1, -0.05) is 37.3 Å². The fourth-order valence-corrected chi connectivity index (χ4v) is 2.81. The first-order chi connectivity index (χ1) is 7.19. The van der Waals surface area contributed by atoms with Gasteiger partial charge in [0.2, 0.25) is 0 Å². The Kier molecular flexibility index (Phi) is 1.93. The highest BCUT2D eigenvalue weighted by atomic mass is 15.2. The van der Waals surface area contributed by atoms with Crippen molar-refractivity contribution in [2.75, 3.05) is 13.1 Å². The highest BCUT2D eigenvalue weighted by Crippen LogP contribution is 2.60. The average molecular weight is 200 g/mol. The Hall–Kier alpha value is -0.820. The van der Waals surface area contributed by atoms with Crippen molar-refractivity contribution in [3.8, 4) is 0 Å². The second kappa shape index (κ2) is 3.08. The minimum Gasteiger partial charge on any atom is -0.295 e. The first-order valence-electron chi connectivity index (χ1n) is 5.83. The molecule has 0 N–H and O–H groups in total. The highest BCUT2D eigenvalue weighted by Gasteiger charge is 2.57. The molecule has 2 atom stereocenters. The van der Waals surface area contributed by atoms with Crippen LogP contribution in [0, 0.1) is 11.3 Å². The lowest BCUT2D eigenvalue weighted by Gasteiger charge is -2.27. The van der Waals surface area contributed by atoms with E-state index < -0.39 is 0 Å². The number of likely N-dealkylation sites (tertiary alicyclic amines) is 1. The summed E-state index contributed by atoms with van der Waals surface area (Å²) in [7, 11) is 0. The lowest BCUT2D eigenvalue weighted by molar-refractivity contribution is 0.227. The largest absolute Gasteiger partial charge is 0.295 e. The molecule has 0 aromatic heterocycles. The van der Waals surface area contributed by atoms with E-state index in [1.165, 1.54) is 25.1 Å². The van der Waals surface area contributed by atoms with Crippen molar-refractivity contribution >= 4 is 0 Å². The molecule has 1 nitrogen and oxygen atoms in total. The van der Waals surface area contributed by atoms with Crippen molar-refractivity contribution in [1.29, 1.82) is 0 Å². The fourth-order valence-electron chi connectivity index (χ4n) is 2.81. The van der Waals surface area contributed by atoms with Gasteiger partial charge in [0.1, 0.15) is 0 Å². The van der Waals surface area contributed by atoms with Gasteiger partial charge in [0.25, 0.3) is 0 Å². The summed E-state index contributed by atoms with van der Waals surface area (Å²) in [5.41, 5.74) is 2.03. The van der Waals surface area contributed by atoms with Crippen molar-refractivity contribution in [2.24, 2.45) is 5.41 Å². The quantitative estimate of drug-likeness (QED) is 0.709. The van der Waals surface area contributed by atoms with Crippen LogP contribution in [0.4, 0.5) is 0 Å². The molecule has 1 aliphatic carbocycles. The van der Waals surface area contributed by atoms with Crippen LogP contribution in [0.2, 0.25) is 0 Å². The van der Waals surface area contributed by atoms with E-state index in [1.54, 1.807) is 5.92 Å². The van der Waals surface area contributed by atoms with Gasteiger partial charge in [0.05, 0.1) is 0 Å². The van der Waals surface area contributed by atoms with Crippen molar-refractivity contribution in [3.63, 3.8) is 0 Å². The second-order valence-corrected chi connectivity index (χ2v) is 5.33. The monoisotopic (exact) mass is 200 g/mol. The van der Waals surface area contributed by atoms with Crippen LogP contribution in [0.15, 0.2) is 30.3 Å². The molecule has 0 spiro atoms. The van der Waals surface area contributed by atoms with E-state index in [-0.39, 0.29) is 0 Å². The number of hydrogen-bond acceptors (Lipinski definition) is 1. The molecular formula is C14H18N. The zero-order valence-electron chi connectivity index (χ0n) is 9.53. The predicted molar refractivity (Wildman–Crippen MR) is 62.4 cm³/mol. The standard InChI is InChI=1S/C14H18N/c1-11(12-6-4-3-5-7-12)15-9-13-8-14(13,2)10-15/h3-7,11H,8-10H2,1-2H3. The Morgan fingerprint density at radius 1 is 1.27 bits per heavy atom. The van der Waals surface area contributed by atoms with Gasteiger partial charge >= 0.3 is 0 Å². The van der Waals surface area contributed by atoms with Crippen molar-refractivity contribution < 1.29 is 0 Å². The van der Waals surface area contributed by atoms with Crippen LogP contribution in [0.5, 0.6) is 0 Å². The van der Waals surface area contributed by atoms with E-state index >= 15 is 0 Å². The first-order valence-corrected chi connectivity index (χ1v) is 5.83. The van der Waals surface area contributed by atoms with Crippen LogP contribution in [-0.2, 0) is 0 Å². The first kappa shape index (κ1) is 9.41. The van der Waals surface area contributed by atoms with Crippen LogP contribution >= 0.6 is 0 Å². The molecule has 1 aliphatic heterocycles. The molecule has 0 amide bonds. The third-order valence-corrected chi connectivity index (χ3v) is 4.11. The minimum atomic E-state index is 0.573. The summed E-state index contributed by atoms with van der Waals surface area (Å²) in [6.45, 7) is 7.22. The molecule has 79 valence electrons. The lowest BCUT2D eigenvalue weighted by Crippen LogP contribution is -2.27. The SMILES string of the molecule is CC(c1ccccc1)N1C[C]2CC2(C)C1. The van der Waals surface area contributed by atoms with Crippen LogP contribution in [0.3, 0.4) is 0 Å². The Balaban J connectivity index is 1.74. The summed E-state index contributed by atoms with van der Waals surface area (Å²) in [4.78, 5) is 2.61.